The smallest absolute Gasteiger partial charge is 0.274 e. The first kappa shape index (κ1) is 16.5. The fourth-order valence-corrected chi connectivity index (χ4v) is 3.13. The lowest BCUT2D eigenvalue weighted by Crippen LogP contribution is -2.26. The van der Waals surface area contributed by atoms with Crippen molar-refractivity contribution in [1.29, 1.82) is 0 Å². The normalized spacial score (nSPS) is 12.8. The van der Waals surface area contributed by atoms with Crippen LogP contribution in [0.1, 0.15) is 24.0 Å². The maximum absolute atomic E-state index is 12.9. The number of nitrogens with zero attached hydrogens (tertiary/aromatic N) is 5. The van der Waals surface area contributed by atoms with E-state index in [0.29, 0.717) is 34.6 Å². The number of aliphatic imine (C=N–C) groups is 1. The number of hydrogen-bond acceptors (Lipinski definition) is 4. The van der Waals surface area contributed by atoms with Crippen LogP contribution in [0.15, 0.2) is 64.4 Å². The van der Waals surface area contributed by atoms with Crippen molar-refractivity contribution in [1.82, 2.24) is 19.3 Å². The van der Waals surface area contributed by atoms with Crippen LogP contribution in [0.5, 0.6) is 0 Å². The molecule has 0 atom stereocenters. The highest BCUT2D eigenvalue weighted by molar-refractivity contribution is 6.29. The van der Waals surface area contributed by atoms with Crippen molar-refractivity contribution in [2.45, 2.75) is 20.0 Å². The van der Waals surface area contributed by atoms with Crippen LogP contribution in [-0.2, 0) is 13.1 Å². The van der Waals surface area contributed by atoms with Gasteiger partial charge in [0.15, 0.2) is 5.82 Å². The van der Waals surface area contributed by atoms with Crippen molar-refractivity contribution in [3.8, 4) is 5.69 Å². The maximum atomic E-state index is 12.9. The molecule has 3 aromatic rings. The molecular weight excluding hydrogens is 350 g/mol. The molecule has 0 aliphatic carbocycles. The van der Waals surface area contributed by atoms with Crippen molar-refractivity contribution in [3.05, 3.63) is 87.3 Å². The third-order valence-corrected chi connectivity index (χ3v) is 4.27. The number of aromatic nitrogens is 4. The van der Waals surface area contributed by atoms with Gasteiger partial charge in [-0.15, -0.1) is 0 Å². The third kappa shape index (κ3) is 2.78. The van der Waals surface area contributed by atoms with Gasteiger partial charge in [-0.25, -0.2) is 19.0 Å². The summed E-state index contributed by atoms with van der Waals surface area (Å²) in [5.74, 6) is 0.563. The number of benzene rings is 1. The second-order valence-electron chi connectivity index (χ2n) is 6.18. The van der Waals surface area contributed by atoms with Crippen LogP contribution in [0, 0.1) is 0 Å². The van der Waals surface area contributed by atoms with Crippen LogP contribution in [0.3, 0.4) is 0 Å². The minimum Gasteiger partial charge on any atom is -0.274 e. The molecule has 1 aliphatic rings. The van der Waals surface area contributed by atoms with E-state index in [-0.39, 0.29) is 12.2 Å². The number of hydrogen-bond donors (Lipinski definition) is 0. The fourth-order valence-electron chi connectivity index (χ4n) is 2.99. The van der Waals surface area contributed by atoms with E-state index in [2.05, 4.69) is 21.7 Å². The quantitative estimate of drug-likeness (QED) is 0.529. The van der Waals surface area contributed by atoms with Crippen LogP contribution in [-0.4, -0.2) is 25.0 Å². The van der Waals surface area contributed by atoms with Gasteiger partial charge in [-0.1, -0.05) is 54.1 Å². The summed E-state index contributed by atoms with van der Waals surface area (Å²) in [6.45, 7) is 6.36. The molecule has 4 rings (SSSR count). The Bertz CT molecular complexity index is 1090. The Kier molecular flexibility index (Phi) is 4.05. The Morgan fingerprint density at radius 1 is 1.23 bits per heavy atom. The predicted molar refractivity (Wildman–Crippen MR) is 101 cm³/mol. The summed E-state index contributed by atoms with van der Waals surface area (Å²) in [5.41, 5.74) is 3.42. The summed E-state index contributed by atoms with van der Waals surface area (Å²) in [5, 5.41) is 4.78. The summed E-state index contributed by atoms with van der Waals surface area (Å²) >= 11 is 6.14. The first-order valence-electron chi connectivity index (χ1n) is 8.15. The minimum atomic E-state index is -0.238. The summed E-state index contributed by atoms with van der Waals surface area (Å²) in [6.07, 6.45) is 0. The van der Waals surface area contributed by atoms with Crippen molar-refractivity contribution >= 4 is 17.3 Å². The first-order chi connectivity index (χ1) is 12.5. The van der Waals surface area contributed by atoms with E-state index in [1.807, 2.05) is 37.3 Å². The molecule has 130 valence electrons. The zero-order valence-corrected chi connectivity index (χ0v) is 14.9. The Hall–Kier alpha value is -2.99. The summed E-state index contributed by atoms with van der Waals surface area (Å²) in [4.78, 5) is 22.1. The van der Waals surface area contributed by atoms with Crippen LogP contribution >= 0.6 is 11.6 Å². The molecule has 1 aromatic carbocycles. The highest BCUT2D eigenvalue weighted by Gasteiger charge is 2.24. The van der Waals surface area contributed by atoms with E-state index in [1.165, 1.54) is 4.68 Å². The SMILES string of the molecule is C=C(C)Cn1nc2n(c1=O)-c1ccc(Cl)nc1C(c1ccccc1)=NC2. The lowest BCUT2D eigenvalue weighted by atomic mass is 10.1. The Balaban J connectivity index is 1.96. The summed E-state index contributed by atoms with van der Waals surface area (Å²) < 4.78 is 2.96. The van der Waals surface area contributed by atoms with Crippen LogP contribution < -0.4 is 5.69 Å². The Morgan fingerprint density at radius 3 is 2.73 bits per heavy atom. The van der Waals surface area contributed by atoms with Crippen molar-refractivity contribution in [2.24, 2.45) is 4.99 Å². The van der Waals surface area contributed by atoms with Gasteiger partial charge in [0.25, 0.3) is 0 Å². The van der Waals surface area contributed by atoms with Gasteiger partial charge in [-0.05, 0) is 19.1 Å². The molecule has 7 heteroatoms. The molecule has 2 aromatic heterocycles. The molecular formula is C19H16ClN5O. The maximum Gasteiger partial charge on any atom is 0.351 e. The van der Waals surface area contributed by atoms with Gasteiger partial charge in [0.2, 0.25) is 0 Å². The molecule has 0 saturated heterocycles. The highest BCUT2D eigenvalue weighted by Crippen LogP contribution is 2.23. The summed E-state index contributed by atoms with van der Waals surface area (Å²) in [7, 11) is 0. The van der Waals surface area contributed by atoms with Crippen LogP contribution in [0.4, 0.5) is 0 Å². The monoisotopic (exact) mass is 365 g/mol. The molecule has 26 heavy (non-hydrogen) atoms. The minimum absolute atomic E-state index is 0.238. The van der Waals surface area contributed by atoms with E-state index >= 15 is 0 Å². The highest BCUT2D eigenvalue weighted by atomic mass is 35.5. The van der Waals surface area contributed by atoms with Gasteiger partial charge >= 0.3 is 5.69 Å². The van der Waals surface area contributed by atoms with Gasteiger partial charge in [0.05, 0.1) is 17.9 Å². The van der Waals surface area contributed by atoms with Crippen LogP contribution in [0.25, 0.3) is 5.69 Å². The molecule has 3 heterocycles. The lowest BCUT2D eigenvalue weighted by molar-refractivity contribution is 0.640. The molecule has 0 amide bonds. The predicted octanol–water partition coefficient (Wildman–Crippen LogP) is 3.01. The Morgan fingerprint density at radius 2 is 2.00 bits per heavy atom. The van der Waals surface area contributed by atoms with E-state index in [9.17, 15) is 4.79 Å². The number of fused-ring (bicyclic) bond motifs is 3. The van der Waals surface area contributed by atoms with E-state index < -0.39 is 0 Å². The summed E-state index contributed by atoms with van der Waals surface area (Å²) in [6, 6.07) is 13.2. The fraction of sp³-hybridized carbons (Fsp3) is 0.158. The second-order valence-corrected chi connectivity index (χ2v) is 6.57. The third-order valence-electron chi connectivity index (χ3n) is 4.06. The molecule has 0 N–H and O–H groups in total. The zero-order valence-electron chi connectivity index (χ0n) is 14.2. The molecule has 1 aliphatic heterocycles. The largest absolute Gasteiger partial charge is 0.351 e. The average Bonchev–Trinajstić information content (AvgIpc) is 2.82. The van der Waals surface area contributed by atoms with Crippen molar-refractivity contribution in [3.63, 3.8) is 0 Å². The molecule has 0 saturated carbocycles. The molecule has 0 spiro atoms. The van der Waals surface area contributed by atoms with Gasteiger partial charge < -0.3 is 0 Å². The topological polar surface area (TPSA) is 65.1 Å². The van der Waals surface area contributed by atoms with Crippen LogP contribution in [0.2, 0.25) is 5.15 Å². The number of halogens is 1. The molecule has 0 radical (unpaired) electrons. The zero-order chi connectivity index (χ0) is 18.3. The van der Waals surface area contributed by atoms with Gasteiger partial charge in [0, 0.05) is 5.56 Å². The number of pyridine rings is 1. The van der Waals surface area contributed by atoms with Crippen molar-refractivity contribution < 1.29 is 0 Å². The van der Waals surface area contributed by atoms with E-state index in [0.717, 1.165) is 11.1 Å². The second kappa shape index (κ2) is 6.38. The standard InChI is InChI=1S/C19H16ClN5O/c1-12(2)11-24-19(26)25-14-8-9-15(20)22-18(14)17(21-10-16(25)23-24)13-6-4-3-5-7-13/h3-9H,1,10-11H2,2H3. The van der Waals surface area contributed by atoms with Crippen molar-refractivity contribution in [2.75, 3.05) is 0 Å². The van der Waals surface area contributed by atoms with Gasteiger partial charge in [0.1, 0.15) is 17.4 Å². The average molecular weight is 366 g/mol. The Labute approximate surface area is 155 Å². The molecule has 0 unspecified atom stereocenters. The van der Waals surface area contributed by atoms with Gasteiger partial charge in [-0.2, -0.15) is 5.10 Å². The number of rotatable bonds is 3. The molecule has 0 bridgehead atoms. The lowest BCUT2D eigenvalue weighted by Gasteiger charge is -2.10. The number of allylic oxidation sites excluding steroid dienone is 1. The molecule has 0 fully saturated rings. The molecule has 6 nitrogen and oxygen atoms in total. The van der Waals surface area contributed by atoms with Gasteiger partial charge in [-0.3, -0.25) is 4.99 Å². The van der Waals surface area contributed by atoms with E-state index in [1.54, 1.807) is 16.7 Å². The van der Waals surface area contributed by atoms with E-state index in [4.69, 9.17) is 11.6 Å². The first-order valence-corrected chi connectivity index (χ1v) is 8.52.